The van der Waals surface area contributed by atoms with E-state index in [-0.39, 0.29) is 24.6 Å². The van der Waals surface area contributed by atoms with E-state index in [2.05, 4.69) is 5.32 Å². The molecule has 0 aliphatic carbocycles. The smallest absolute Gasteiger partial charge is 0.224 e. The Bertz CT molecular complexity index is 382. The quantitative estimate of drug-likeness (QED) is 0.809. The van der Waals surface area contributed by atoms with Gasteiger partial charge in [-0.3, -0.25) is 4.79 Å². The molecule has 88 valence electrons. The van der Waals surface area contributed by atoms with E-state index in [0.29, 0.717) is 0 Å². The molecule has 16 heavy (non-hydrogen) atoms. The Morgan fingerprint density at radius 1 is 1.50 bits per heavy atom. The molecule has 0 aliphatic rings. The van der Waals surface area contributed by atoms with E-state index in [9.17, 15) is 13.6 Å². The van der Waals surface area contributed by atoms with Gasteiger partial charge in [0.2, 0.25) is 5.91 Å². The second-order valence-electron chi connectivity index (χ2n) is 3.56. The SMILES string of the molecule is C[C@@H](CO)NC(=O)Cc1ccc(F)cc1F. The largest absolute Gasteiger partial charge is 0.394 e. The van der Waals surface area contributed by atoms with Crippen LogP contribution < -0.4 is 5.32 Å². The molecule has 1 atom stereocenters. The van der Waals surface area contributed by atoms with Gasteiger partial charge in [-0.1, -0.05) is 6.07 Å². The van der Waals surface area contributed by atoms with Crippen LogP contribution in [0.1, 0.15) is 12.5 Å². The summed E-state index contributed by atoms with van der Waals surface area (Å²) in [7, 11) is 0. The van der Waals surface area contributed by atoms with Crippen molar-refractivity contribution in [2.75, 3.05) is 6.61 Å². The van der Waals surface area contributed by atoms with E-state index in [4.69, 9.17) is 5.11 Å². The summed E-state index contributed by atoms with van der Waals surface area (Å²) in [6, 6.07) is 2.68. The maximum absolute atomic E-state index is 13.2. The second-order valence-corrected chi connectivity index (χ2v) is 3.56. The minimum Gasteiger partial charge on any atom is -0.394 e. The van der Waals surface area contributed by atoms with Crippen molar-refractivity contribution in [3.05, 3.63) is 35.4 Å². The molecular formula is C11H13F2NO2. The minimum atomic E-state index is -0.744. The topological polar surface area (TPSA) is 49.3 Å². The number of carbonyl (C=O) groups excluding carboxylic acids is 1. The highest BCUT2D eigenvalue weighted by molar-refractivity contribution is 5.78. The zero-order chi connectivity index (χ0) is 12.1. The van der Waals surface area contributed by atoms with E-state index >= 15 is 0 Å². The van der Waals surface area contributed by atoms with Crippen molar-refractivity contribution < 1.29 is 18.7 Å². The maximum atomic E-state index is 13.2. The van der Waals surface area contributed by atoms with Gasteiger partial charge in [-0.15, -0.1) is 0 Å². The van der Waals surface area contributed by atoms with Gasteiger partial charge in [0.05, 0.1) is 13.0 Å². The summed E-state index contributed by atoms with van der Waals surface area (Å²) in [6.07, 6.45) is -0.170. The van der Waals surface area contributed by atoms with Gasteiger partial charge in [-0.05, 0) is 18.6 Å². The van der Waals surface area contributed by atoms with E-state index in [0.717, 1.165) is 12.1 Å². The maximum Gasteiger partial charge on any atom is 0.224 e. The average molecular weight is 229 g/mol. The van der Waals surface area contributed by atoms with Crippen molar-refractivity contribution in [3.8, 4) is 0 Å². The van der Waals surface area contributed by atoms with Crippen LogP contribution in [0.25, 0.3) is 0 Å². The number of aliphatic hydroxyl groups excluding tert-OH is 1. The normalized spacial score (nSPS) is 12.2. The first-order valence-electron chi connectivity index (χ1n) is 4.87. The van der Waals surface area contributed by atoms with Crippen molar-refractivity contribution in [3.63, 3.8) is 0 Å². The van der Waals surface area contributed by atoms with Crippen LogP contribution in [0.3, 0.4) is 0 Å². The molecule has 0 saturated carbocycles. The molecule has 0 aromatic heterocycles. The molecule has 1 aromatic rings. The lowest BCUT2D eigenvalue weighted by atomic mass is 10.1. The van der Waals surface area contributed by atoms with Crippen LogP contribution in [-0.4, -0.2) is 23.7 Å². The third-order valence-electron chi connectivity index (χ3n) is 2.05. The highest BCUT2D eigenvalue weighted by Gasteiger charge is 2.10. The van der Waals surface area contributed by atoms with E-state index < -0.39 is 17.5 Å². The molecule has 0 heterocycles. The standard InChI is InChI=1S/C11H13F2NO2/c1-7(6-15)14-11(16)4-8-2-3-9(12)5-10(8)13/h2-3,5,7,15H,4,6H2,1H3,(H,14,16)/t7-/m0/s1. The lowest BCUT2D eigenvalue weighted by Crippen LogP contribution is -2.36. The average Bonchev–Trinajstić information content (AvgIpc) is 2.22. The molecule has 3 nitrogen and oxygen atoms in total. The Labute approximate surface area is 92.1 Å². The number of aliphatic hydroxyl groups is 1. The van der Waals surface area contributed by atoms with Crippen LogP contribution in [-0.2, 0) is 11.2 Å². The third kappa shape index (κ3) is 3.58. The molecule has 2 N–H and O–H groups in total. The highest BCUT2D eigenvalue weighted by atomic mass is 19.1. The van der Waals surface area contributed by atoms with Gasteiger partial charge < -0.3 is 10.4 Å². The van der Waals surface area contributed by atoms with Gasteiger partial charge in [0.15, 0.2) is 0 Å². The van der Waals surface area contributed by atoms with E-state index in [1.807, 2.05) is 0 Å². The fourth-order valence-corrected chi connectivity index (χ4v) is 1.21. The van der Waals surface area contributed by atoms with Gasteiger partial charge in [-0.2, -0.15) is 0 Å². The Balaban J connectivity index is 2.63. The molecule has 1 amide bonds. The minimum absolute atomic E-state index is 0.129. The zero-order valence-corrected chi connectivity index (χ0v) is 8.84. The number of benzene rings is 1. The monoisotopic (exact) mass is 229 g/mol. The summed E-state index contributed by atoms with van der Waals surface area (Å²) in [5.41, 5.74) is 0.129. The molecule has 0 unspecified atom stereocenters. The van der Waals surface area contributed by atoms with Gasteiger partial charge in [0.25, 0.3) is 0 Å². The Morgan fingerprint density at radius 3 is 2.75 bits per heavy atom. The fourth-order valence-electron chi connectivity index (χ4n) is 1.21. The van der Waals surface area contributed by atoms with Gasteiger partial charge in [0, 0.05) is 12.1 Å². The van der Waals surface area contributed by atoms with E-state index in [1.54, 1.807) is 6.92 Å². The third-order valence-corrected chi connectivity index (χ3v) is 2.05. The molecule has 1 rings (SSSR count). The summed E-state index contributed by atoms with van der Waals surface area (Å²) >= 11 is 0. The van der Waals surface area contributed by atoms with Crippen LogP contribution in [0.2, 0.25) is 0 Å². The van der Waals surface area contributed by atoms with Crippen molar-refractivity contribution in [1.82, 2.24) is 5.32 Å². The number of nitrogens with one attached hydrogen (secondary N) is 1. The Morgan fingerprint density at radius 2 is 2.19 bits per heavy atom. The summed E-state index contributed by atoms with van der Waals surface area (Å²) in [5.74, 6) is -1.83. The van der Waals surface area contributed by atoms with Crippen LogP contribution in [0.5, 0.6) is 0 Å². The van der Waals surface area contributed by atoms with Crippen LogP contribution in [0, 0.1) is 11.6 Å². The molecule has 1 aromatic carbocycles. The number of carbonyl (C=O) groups is 1. The number of amides is 1. The summed E-state index contributed by atoms with van der Waals surface area (Å²) < 4.78 is 25.7. The van der Waals surface area contributed by atoms with Crippen molar-refractivity contribution in [1.29, 1.82) is 0 Å². The zero-order valence-electron chi connectivity index (χ0n) is 8.84. The lowest BCUT2D eigenvalue weighted by molar-refractivity contribution is -0.121. The molecule has 0 spiro atoms. The molecule has 0 bridgehead atoms. The predicted molar refractivity (Wildman–Crippen MR) is 54.8 cm³/mol. The van der Waals surface area contributed by atoms with Crippen molar-refractivity contribution in [2.24, 2.45) is 0 Å². The number of hydrogen-bond donors (Lipinski definition) is 2. The van der Waals surface area contributed by atoms with Gasteiger partial charge in [-0.25, -0.2) is 8.78 Å². The Kier molecular flexibility index (Phi) is 4.37. The summed E-state index contributed by atoms with van der Waals surface area (Å²) in [6.45, 7) is 1.44. The number of hydrogen-bond acceptors (Lipinski definition) is 2. The van der Waals surface area contributed by atoms with Crippen LogP contribution in [0.15, 0.2) is 18.2 Å². The first-order chi connectivity index (χ1) is 7.52. The molecule has 0 aliphatic heterocycles. The number of rotatable bonds is 4. The first kappa shape index (κ1) is 12.6. The van der Waals surface area contributed by atoms with E-state index in [1.165, 1.54) is 6.07 Å². The number of halogens is 2. The molecule has 0 saturated heterocycles. The van der Waals surface area contributed by atoms with Gasteiger partial charge >= 0.3 is 0 Å². The lowest BCUT2D eigenvalue weighted by Gasteiger charge is -2.10. The van der Waals surface area contributed by atoms with Crippen molar-refractivity contribution >= 4 is 5.91 Å². The van der Waals surface area contributed by atoms with Crippen molar-refractivity contribution in [2.45, 2.75) is 19.4 Å². The Hall–Kier alpha value is -1.49. The van der Waals surface area contributed by atoms with Crippen LogP contribution >= 0.6 is 0 Å². The molecule has 0 fully saturated rings. The fraction of sp³-hybridized carbons (Fsp3) is 0.364. The summed E-state index contributed by atoms with van der Waals surface area (Å²) in [5, 5.41) is 11.2. The second kappa shape index (κ2) is 5.55. The van der Waals surface area contributed by atoms with Crippen LogP contribution in [0.4, 0.5) is 8.78 Å². The molecular weight excluding hydrogens is 216 g/mol. The highest BCUT2D eigenvalue weighted by Crippen LogP contribution is 2.10. The first-order valence-corrected chi connectivity index (χ1v) is 4.87. The van der Waals surface area contributed by atoms with Gasteiger partial charge in [0.1, 0.15) is 11.6 Å². The summed E-state index contributed by atoms with van der Waals surface area (Å²) in [4.78, 5) is 11.3. The predicted octanol–water partition coefficient (Wildman–Crippen LogP) is 1.00. The molecule has 5 heteroatoms. The molecule has 0 radical (unpaired) electrons.